The van der Waals surface area contributed by atoms with Gasteiger partial charge in [-0.3, -0.25) is 4.79 Å². The maximum absolute atomic E-state index is 12.8. The molecule has 2 aromatic carbocycles. The Morgan fingerprint density at radius 1 is 1.12 bits per heavy atom. The van der Waals surface area contributed by atoms with Crippen molar-refractivity contribution in [1.82, 2.24) is 9.88 Å². The Balaban J connectivity index is 1.47. The van der Waals surface area contributed by atoms with Crippen LogP contribution >= 0.6 is 0 Å². The zero-order valence-corrected chi connectivity index (χ0v) is 13.4. The highest BCUT2D eigenvalue weighted by atomic mass is 16.5. The van der Waals surface area contributed by atoms with Crippen LogP contribution in [0.5, 0.6) is 5.88 Å². The fourth-order valence-electron chi connectivity index (χ4n) is 2.99. The largest absolute Gasteiger partial charge is 0.470 e. The number of hydrogen-bond acceptors (Lipinski definition) is 4. The van der Waals surface area contributed by atoms with Crippen molar-refractivity contribution in [1.29, 1.82) is 5.26 Å². The number of nitrogens with zero attached hydrogens (tertiary/aromatic N) is 3. The van der Waals surface area contributed by atoms with Gasteiger partial charge in [-0.25, -0.2) is 4.98 Å². The molecule has 2 heterocycles. The molecule has 4 rings (SSSR count). The van der Waals surface area contributed by atoms with Crippen LogP contribution in [-0.4, -0.2) is 35.0 Å². The topological polar surface area (TPSA) is 66.2 Å². The van der Waals surface area contributed by atoms with Crippen molar-refractivity contribution < 1.29 is 9.53 Å². The molecular weight excluding hydrogens is 314 g/mol. The summed E-state index contributed by atoms with van der Waals surface area (Å²) >= 11 is 0. The first-order valence-corrected chi connectivity index (χ1v) is 8.05. The number of pyridine rings is 1. The Morgan fingerprint density at radius 2 is 1.92 bits per heavy atom. The van der Waals surface area contributed by atoms with Crippen LogP contribution in [0, 0.1) is 11.3 Å². The third kappa shape index (κ3) is 2.79. The molecule has 0 radical (unpaired) electrons. The Kier molecular flexibility index (Phi) is 3.79. The van der Waals surface area contributed by atoms with Crippen LogP contribution in [0.4, 0.5) is 0 Å². The van der Waals surface area contributed by atoms with E-state index in [1.807, 2.05) is 42.5 Å². The number of carbonyl (C=O) groups is 1. The smallest absolute Gasteiger partial charge is 0.254 e. The zero-order valence-electron chi connectivity index (χ0n) is 13.4. The molecule has 0 atom stereocenters. The summed E-state index contributed by atoms with van der Waals surface area (Å²) < 4.78 is 5.75. The van der Waals surface area contributed by atoms with E-state index in [4.69, 9.17) is 10.00 Å². The lowest BCUT2D eigenvalue weighted by Crippen LogP contribution is -2.56. The minimum absolute atomic E-state index is 0.00169. The minimum atomic E-state index is -0.138. The van der Waals surface area contributed by atoms with Crippen LogP contribution in [0.2, 0.25) is 0 Å². The van der Waals surface area contributed by atoms with Crippen LogP contribution in [-0.2, 0) is 0 Å². The van der Waals surface area contributed by atoms with Gasteiger partial charge in [0.1, 0.15) is 17.7 Å². The monoisotopic (exact) mass is 329 g/mol. The first-order valence-electron chi connectivity index (χ1n) is 8.05. The van der Waals surface area contributed by atoms with Gasteiger partial charge in [-0.1, -0.05) is 36.4 Å². The summed E-state index contributed by atoms with van der Waals surface area (Å²) in [4.78, 5) is 18.6. The molecule has 25 heavy (non-hydrogen) atoms. The summed E-state index contributed by atoms with van der Waals surface area (Å²) in [5.41, 5.74) is 1.11. The number of amides is 1. The Morgan fingerprint density at radius 3 is 2.76 bits per heavy atom. The van der Waals surface area contributed by atoms with E-state index in [1.165, 1.54) is 0 Å². The molecule has 1 aliphatic heterocycles. The lowest BCUT2D eigenvalue weighted by molar-refractivity contribution is 0.0160. The minimum Gasteiger partial charge on any atom is -0.470 e. The van der Waals surface area contributed by atoms with Crippen molar-refractivity contribution in [3.63, 3.8) is 0 Å². The van der Waals surface area contributed by atoms with Gasteiger partial charge < -0.3 is 9.64 Å². The molecule has 122 valence electrons. The van der Waals surface area contributed by atoms with Gasteiger partial charge >= 0.3 is 0 Å². The molecule has 0 bridgehead atoms. The molecule has 1 aromatic heterocycles. The van der Waals surface area contributed by atoms with Crippen LogP contribution in [0.1, 0.15) is 15.9 Å². The predicted molar refractivity (Wildman–Crippen MR) is 93.2 cm³/mol. The zero-order chi connectivity index (χ0) is 17.2. The predicted octanol–water partition coefficient (Wildman–Crippen LogP) is 3.01. The van der Waals surface area contributed by atoms with E-state index in [9.17, 15) is 4.79 Å². The standard InChI is InChI=1S/C20H15N3O2/c21-11-15-7-4-10-22-19(15)25-16-12-23(13-16)20(24)18-9-3-6-14-5-1-2-8-17(14)18/h1-10,16H,12-13H2. The molecule has 1 fully saturated rings. The maximum Gasteiger partial charge on any atom is 0.254 e. The summed E-state index contributed by atoms with van der Waals surface area (Å²) in [7, 11) is 0. The third-order valence-corrected chi connectivity index (χ3v) is 4.33. The highest BCUT2D eigenvalue weighted by Crippen LogP contribution is 2.24. The molecule has 0 unspecified atom stereocenters. The molecule has 0 N–H and O–H groups in total. The SMILES string of the molecule is N#Cc1cccnc1OC1CN(C(=O)c2cccc3ccccc23)C1. The van der Waals surface area contributed by atoms with E-state index in [0.29, 0.717) is 30.1 Å². The number of carbonyl (C=O) groups excluding carboxylic acids is 1. The summed E-state index contributed by atoms with van der Waals surface area (Å²) in [6, 6.07) is 19.0. The number of likely N-dealkylation sites (tertiary alicyclic amines) is 1. The lowest BCUT2D eigenvalue weighted by atomic mass is 10.0. The second-order valence-electron chi connectivity index (χ2n) is 5.94. The van der Waals surface area contributed by atoms with Crippen molar-refractivity contribution in [3.8, 4) is 11.9 Å². The maximum atomic E-state index is 12.8. The van der Waals surface area contributed by atoms with E-state index in [2.05, 4.69) is 11.1 Å². The number of aromatic nitrogens is 1. The average molecular weight is 329 g/mol. The van der Waals surface area contributed by atoms with Gasteiger partial charge in [0.15, 0.2) is 0 Å². The fraction of sp³-hybridized carbons (Fsp3) is 0.150. The van der Waals surface area contributed by atoms with Crippen molar-refractivity contribution in [3.05, 3.63) is 71.9 Å². The van der Waals surface area contributed by atoms with Crippen molar-refractivity contribution in [2.24, 2.45) is 0 Å². The normalized spacial score (nSPS) is 14.0. The number of rotatable bonds is 3. The first-order chi connectivity index (χ1) is 12.3. The average Bonchev–Trinajstić information content (AvgIpc) is 2.63. The van der Waals surface area contributed by atoms with Gasteiger partial charge in [-0.2, -0.15) is 5.26 Å². The Bertz CT molecular complexity index is 982. The van der Waals surface area contributed by atoms with E-state index in [1.54, 1.807) is 23.2 Å². The molecule has 3 aromatic rings. The molecule has 5 nitrogen and oxygen atoms in total. The summed E-state index contributed by atoms with van der Waals surface area (Å²) in [6.07, 6.45) is 1.45. The number of ether oxygens (including phenoxy) is 1. The molecule has 0 saturated carbocycles. The van der Waals surface area contributed by atoms with E-state index in [-0.39, 0.29) is 12.0 Å². The lowest BCUT2D eigenvalue weighted by Gasteiger charge is -2.38. The molecular formula is C20H15N3O2. The van der Waals surface area contributed by atoms with Crippen LogP contribution in [0.25, 0.3) is 10.8 Å². The molecule has 1 saturated heterocycles. The number of hydrogen-bond donors (Lipinski definition) is 0. The second kappa shape index (κ2) is 6.25. The summed E-state index contributed by atoms with van der Waals surface area (Å²) in [6.45, 7) is 0.979. The van der Waals surface area contributed by atoms with E-state index >= 15 is 0 Å². The van der Waals surface area contributed by atoms with Gasteiger partial charge in [0, 0.05) is 11.8 Å². The Labute approximate surface area is 145 Å². The van der Waals surface area contributed by atoms with E-state index in [0.717, 1.165) is 10.8 Å². The second-order valence-corrected chi connectivity index (χ2v) is 5.94. The highest BCUT2D eigenvalue weighted by Gasteiger charge is 2.34. The van der Waals surface area contributed by atoms with Gasteiger partial charge in [0.05, 0.1) is 13.1 Å². The molecule has 0 aliphatic carbocycles. The van der Waals surface area contributed by atoms with Crippen LogP contribution < -0.4 is 4.74 Å². The van der Waals surface area contributed by atoms with E-state index < -0.39 is 0 Å². The first kappa shape index (κ1) is 15.2. The van der Waals surface area contributed by atoms with Gasteiger partial charge in [0.25, 0.3) is 5.91 Å². The van der Waals surface area contributed by atoms with Crippen molar-refractivity contribution >= 4 is 16.7 Å². The molecule has 1 aliphatic rings. The number of nitriles is 1. The quantitative estimate of drug-likeness (QED) is 0.741. The van der Waals surface area contributed by atoms with Crippen LogP contribution in [0.3, 0.4) is 0 Å². The Hall–Kier alpha value is -3.39. The van der Waals surface area contributed by atoms with Crippen molar-refractivity contribution in [2.75, 3.05) is 13.1 Å². The summed E-state index contributed by atoms with van der Waals surface area (Å²) in [5.74, 6) is 0.324. The van der Waals surface area contributed by atoms with Gasteiger partial charge in [-0.15, -0.1) is 0 Å². The fourth-order valence-corrected chi connectivity index (χ4v) is 2.99. The number of benzene rings is 2. The summed E-state index contributed by atoms with van der Waals surface area (Å²) in [5, 5.41) is 11.1. The molecule has 1 amide bonds. The molecule has 5 heteroatoms. The third-order valence-electron chi connectivity index (χ3n) is 4.33. The van der Waals surface area contributed by atoms with Crippen molar-refractivity contribution in [2.45, 2.75) is 6.10 Å². The molecule has 0 spiro atoms. The number of fused-ring (bicyclic) bond motifs is 1. The highest BCUT2D eigenvalue weighted by molar-refractivity contribution is 6.07. The van der Waals surface area contributed by atoms with Crippen LogP contribution in [0.15, 0.2) is 60.8 Å². The van der Waals surface area contributed by atoms with Gasteiger partial charge in [-0.05, 0) is 29.0 Å². The van der Waals surface area contributed by atoms with Gasteiger partial charge in [0.2, 0.25) is 5.88 Å².